The molecule has 0 aromatic heterocycles. The fourth-order valence-corrected chi connectivity index (χ4v) is 2.78. The second-order valence-electron chi connectivity index (χ2n) is 5.90. The molecule has 8 heteroatoms. The summed E-state index contributed by atoms with van der Waals surface area (Å²) in [6.07, 6.45) is -0.913. The molecule has 0 bridgehead atoms. The monoisotopic (exact) mass is 331 g/mol. The van der Waals surface area contributed by atoms with Crippen molar-refractivity contribution in [1.29, 1.82) is 0 Å². The Kier molecular flexibility index (Phi) is 5.94. The van der Waals surface area contributed by atoms with Gasteiger partial charge in [-0.3, -0.25) is 0 Å². The van der Waals surface area contributed by atoms with E-state index >= 15 is 0 Å². The predicted octanol–water partition coefficient (Wildman–Crippen LogP) is 2.68. The van der Waals surface area contributed by atoms with Crippen molar-refractivity contribution >= 4 is 24.3 Å². The molecule has 0 unspecified atom stereocenters. The number of ether oxygens (including phenoxy) is 1. The van der Waals surface area contributed by atoms with Crippen molar-refractivity contribution in [3.63, 3.8) is 0 Å². The smallest absolute Gasteiger partial charge is 0.432 e. The first-order valence-electron chi connectivity index (χ1n) is 6.53. The highest BCUT2D eigenvalue weighted by molar-refractivity contribution is 7.86. The normalized spacial score (nSPS) is 12.0. The average molecular weight is 331 g/mol. The molecule has 1 aromatic carbocycles. The molecule has 0 spiro atoms. The largest absolute Gasteiger partial charge is 0.448 e. The molecular weight excluding hydrogens is 310 g/mol. The molecule has 0 radical (unpaired) electrons. The molecule has 1 amide bonds. The molecule has 118 valence electrons. The van der Waals surface area contributed by atoms with E-state index < -0.39 is 24.3 Å². The molecule has 0 fully saturated rings. The van der Waals surface area contributed by atoms with Gasteiger partial charge in [0.15, 0.2) is 0 Å². The summed E-state index contributed by atoms with van der Waals surface area (Å²) in [6.45, 7) is 8.52. The standard InChI is InChI=1S/C13H21NO5SSi/c1-11-5-7-12(8-6-11)20(16,17)19-14-13(15)18-9-10-21(2,3)4/h5-8H,9-10H2,1-4H3,(H,14,15). The number of amides is 1. The summed E-state index contributed by atoms with van der Waals surface area (Å²) in [6, 6.07) is 6.89. The first kappa shape index (κ1) is 17.7. The van der Waals surface area contributed by atoms with Crippen molar-refractivity contribution in [2.45, 2.75) is 37.5 Å². The van der Waals surface area contributed by atoms with Crippen molar-refractivity contribution in [2.75, 3.05) is 6.61 Å². The number of nitrogens with one attached hydrogen (secondary N) is 1. The molecule has 6 nitrogen and oxygen atoms in total. The topological polar surface area (TPSA) is 81.7 Å². The van der Waals surface area contributed by atoms with E-state index in [1.54, 1.807) is 17.6 Å². The van der Waals surface area contributed by atoms with Gasteiger partial charge in [0.25, 0.3) is 0 Å². The second kappa shape index (κ2) is 7.06. The zero-order chi connectivity index (χ0) is 16.1. The SMILES string of the molecule is Cc1ccc(S(=O)(=O)ONC(=O)OCC[Si](C)(C)C)cc1. The lowest BCUT2D eigenvalue weighted by atomic mass is 10.2. The maximum Gasteiger partial charge on any atom is 0.432 e. The molecule has 1 aromatic rings. The number of aryl methyl sites for hydroxylation is 1. The number of hydrogen-bond acceptors (Lipinski definition) is 5. The van der Waals surface area contributed by atoms with Gasteiger partial charge in [-0.15, -0.1) is 4.28 Å². The van der Waals surface area contributed by atoms with Gasteiger partial charge in [-0.1, -0.05) is 37.3 Å². The Bertz CT molecular complexity index is 578. The fourth-order valence-electron chi connectivity index (χ4n) is 1.32. The van der Waals surface area contributed by atoms with Gasteiger partial charge in [-0.05, 0) is 25.1 Å². The number of benzene rings is 1. The molecule has 0 aliphatic rings. The minimum absolute atomic E-state index is 0.0319. The van der Waals surface area contributed by atoms with E-state index in [-0.39, 0.29) is 11.5 Å². The molecule has 1 rings (SSSR count). The fraction of sp³-hybridized carbons (Fsp3) is 0.462. The third kappa shape index (κ3) is 6.74. The maximum absolute atomic E-state index is 11.8. The second-order valence-corrected chi connectivity index (χ2v) is 13.1. The lowest BCUT2D eigenvalue weighted by Crippen LogP contribution is -2.30. The van der Waals surface area contributed by atoms with Crippen molar-refractivity contribution in [3.05, 3.63) is 29.8 Å². The van der Waals surface area contributed by atoms with E-state index in [1.165, 1.54) is 12.1 Å². The Morgan fingerprint density at radius 1 is 1.19 bits per heavy atom. The van der Waals surface area contributed by atoms with Crippen LogP contribution >= 0.6 is 0 Å². The summed E-state index contributed by atoms with van der Waals surface area (Å²) in [5.74, 6) is 0. The summed E-state index contributed by atoms with van der Waals surface area (Å²) in [5.41, 5.74) is 2.71. The van der Waals surface area contributed by atoms with Crippen LogP contribution in [0.15, 0.2) is 29.2 Å². The lowest BCUT2D eigenvalue weighted by molar-refractivity contribution is 0.106. The molecule has 0 saturated carbocycles. The van der Waals surface area contributed by atoms with Crippen LogP contribution in [0.2, 0.25) is 25.7 Å². The molecule has 0 heterocycles. The molecule has 0 aliphatic heterocycles. The van der Waals surface area contributed by atoms with Gasteiger partial charge in [0.1, 0.15) is 0 Å². The third-order valence-corrected chi connectivity index (χ3v) is 5.49. The summed E-state index contributed by atoms with van der Waals surface area (Å²) in [4.78, 5) is 11.3. The van der Waals surface area contributed by atoms with E-state index in [0.717, 1.165) is 11.6 Å². The lowest BCUT2D eigenvalue weighted by Gasteiger charge is -2.15. The molecular formula is C13H21NO5SSi. The van der Waals surface area contributed by atoms with Crippen LogP contribution in [0.4, 0.5) is 4.79 Å². The van der Waals surface area contributed by atoms with Gasteiger partial charge >= 0.3 is 16.2 Å². The van der Waals surface area contributed by atoms with Crippen LogP contribution in [0.25, 0.3) is 0 Å². The number of hydroxylamine groups is 1. The van der Waals surface area contributed by atoms with Gasteiger partial charge < -0.3 is 4.74 Å². The van der Waals surface area contributed by atoms with Crippen molar-refractivity contribution in [3.8, 4) is 0 Å². The van der Waals surface area contributed by atoms with Crippen LogP contribution in [-0.4, -0.2) is 29.2 Å². The van der Waals surface area contributed by atoms with Gasteiger partial charge in [0.05, 0.1) is 11.5 Å². The highest BCUT2D eigenvalue weighted by atomic mass is 32.2. The Hall–Kier alpha value is -1.38. The van der Waals surface area contributed by atoms with E-state index in [0.29, 0.717) is 0 Å². The summed E-state index contributed by atoms with van der Waals surface area (Å²) in [5, 5.41) is 0. The van der Waals surface area contributed by atoms with E-state index in [1.807, 2.05) is 6.92 Å². The van der Waals surface area contributed by atoms with E-state index in [4.69, 9.17) is 4.74 Å². The first-order chi connectivity index (χ1) is 9.60. The van der Waals surface area contributed by atoms with Crippen molar-refractivity contribution in [1.82, 2.24) is 5.48 Å². The van der Waals surface area contributed by atoms with Crippen molar-refractivity contribution < 1.29 is 22.2 Å². The third-order valence-electron chi connectivity index (χ3n) is 2.63. The average Bonchev–Trinajstić information content (AvgIpc) is 2.35. The molecule has 0 aliphatic carbocycles. The Morgan fingerprint density at radius 2 is 1.76 bits per heavy atom. The van der Waals surface area contributed by atoms with Crippen LogP contribution in [0.5, 0.6) is 0 Å². The number of rotatable bonds is 6. The molecule has 0 saturated heterocycles. The summed E-state index contributed by atoms with van der Waals surface area (Å²) < 4.78 is 32.9. The zero-order valence-electron chi connectivity index (χ0n) is 12.7. The van der Waals surface area contributed by atoms with E-state index in [9.17, 15) is 13.2 Å². The minimum Gasteiger partial charge on any atom is -0.448 e. The quantitative estimate of drug-likeness (QED) is 0.640. The maximum atomic E-state index is 11.8. The Morgan fingerprint density at radius 3 is 2.29 bits per heavy atom. The Balaban J connectivity index is 2.46. The van der Waals surface area contributed by atoms with Crippen LogP contribution in [0, 0.1) is 6.92 Å². The van der Waals surface area contributed by atoms with Crippen LogP contribution in [0.3, 0.4) is 0 Å². The van der Waals surface area contributed by atoms with Crippen LogP contribution < -0.4 is 5.48 Å². The van der Waals surface area contributed by atoms with Crippen molar-refractivity contribution in [2.24, 2.45) is 0 Å². The Labute approximate surface area is 126 Å². The number of carbonyl (C=O) groups excluding carboxylic acids is 1. The zero-order valence-corrected chi connectivity index (χ0v) is 14.5. The van der Waals surface area contributed by atoms with Crippen LogP contribution in [-0.2, 0) is 19.1 Å². The highest BCUT2D eigenvalue weighted by Gasteiger charge is 2.18. The number of carbonyl (C=O) groups is 1. The summed E-state index contributed by atoms with van der Waals surface area (Å²) in [7, 11) is -5.33. The van der Waals surface area contributed by atoms with Crippen LogP contribution in [0.1, 0.15) is 5.56 Å². The van der Waals surface area contributed by atoms with E-state index in [2.05, 4.69) is 23.9 Å². The van der Waals surface area contributed by atoms with Gasteiger partial charge in [-0.2, -0.15) is 13.9 Å². The molecule has 21 heavy (non-hydrogen) atoms. The molecule has 1 N–H and O–H groups in total. The van der Waals surface area contributed by atoms with Gasteiger partial charge in [0.2, 0.25) is 0 Å². The highest BCUT2D eigenvalue weighted by Crippen LogP contribution is 2.12. The van der Waals surface area contributed by atoms with Gasteiger partial charge in [-0.25, -0.2) is 4.79 Å². The minimum atomic E-state index is -4.03. The molecule has 0 atom stereocenters. The summed E-state index contributed by atoms with van der Waals surface area (Å²) >= 11 is 0. The first-order valence-corrected chi connectivity index (χ1v) is 11.6. The van der Waals surface area contributed by atoms with Gasteiger partial charge in [0, 0.05) is 8.07 Å². The predicted molar refractivity (Wildman–Crippen MR) is 82.1 cm³/mol. The number of hydrogen-bond donors (Lipinski definition) is 1.